The molecule has 0 saturated carbocycles. The van der Waals surface area contributed by atoms with Gasteiger partial charge in [-0.15, -0.1) is 0 Å². The average Bonchev–Trinajstić information content (AvgIpc) is 2.87. The summed E-state index contributed by atoms with van der Waals surface area (Å²) in [4.78, 5) is 13.0. The Labute approximate surface area is 126 Å². The first kappa shape index (κ1) is 14.4. The second kappa shape index (κ2) is 5.02. The van der Waals surface area contributed by atoms with E-state index in [0.717, 1.165) is 0 Å². The molecule has 1 N–H and O–H groups in total. The Kier molecular flexibility index (Phi) is 3.28. The highest BCUT2D eigenvalue weighted by Crippen LogP contribution is 2.33. The molecule has 1 aromatic heterocycles. The normalized spacial score (nSPS) is 14.5. The standard InChI is InChI=1S/C13H13N3O5S/c1-8-5-12(14-21-8)15-22(18,19)9-3-4-11-10(6-9)16(2)13(17)7-20-11/h3-6H,7H2,1-2H3,(H,14,15). The summed E-state index contributed by atoms with van der Waals surface area (Å²) in [5.41, 5.74) is 0.399. The number of carbonyl (C=O) groups excluding carboxylic acids is 1. The fraction of sp³-hybridized carbons (Fsp3) is 0.231. The fourth-order valence-electron chi connectivity index (χ4n) is 2.03. The minimum absolute atomic E-state index is 0.00273. The third-order valence-electron chi connectivity index (χ3n) is 3.19. The molecule has 0 saturated heterocycles. The highest BCUT2D eigenvalue weighted by Gasteiger charge is 2.25. The molecule has 1 aliphatic heterocycles. The van der Waals surface area contributed by atoms with Crippen LogP contribution in [0.2, 0.25) is 0 Å². The molecule has 2 aromatic rings. The van der Waals surface area contributed by atoms with Crippen molar-refractivity contribution in [3.05, 3.63) is 30.0 Å². The van der Waals surface area contributed by atoms with Crippen molar-refractivity contribution in [3.63, 3.8) is 0 Å². The van der Waals surface area contributed by atoms with Crippen molar-refractivity contribution in [2.45, 2.75) is 11.8 Å². The Morgan fingerprint density at radius 2 is 2.09 bits per heavy atom. The fourth-order valence-corrected chi connectivity index (χ4v) is 3.03. The Bertz CT molecular complexity index is 843. The van der Waals surface area contributed by atoms with E-state index in [1.54, 1.807) is 14.0 Å². The maximum Gasteiger partial charge on any atom is 0.264 e. The van der Waals surface area contributed by atoms with Crippen molar-refractivity contribution >= 4 is 27.4 Å². The maximum atomic E-state index is 12.3. The molecule has 22 heavy (non-hydrogen) atoms. The van der Waals surface area contributed by atoms with E-state index in [0.29, 0.717) is 17.2 Å². The zero-order valence-electron chi connectivity index (χ0n) is 11.9. The van der Waals surface area contributed by atoms with Gasteiger partial charge in [-0.25, -0.2) is 8.42 Å². The second-order valence-corrected chi connectivity index (χ2v) is 6.48. The van der Waals surface area contributed by atoms with Crippen LogP contribution in [0.15, 0.2) is 33.7 Å². The molecule has 8 nitrogen and oxygen atoms in total. The lowest BCUT2D eigenvalue weighted by atomic mass is 10.2. The first-order valence-corrected chi connectivity index (χ1v) is 7.85. The molecule has 9 heteroatoms. The number of aryl methyl sites for hydroxylation is 1. The number of hydrogen-bond acceptors (Lipinski definition) is 6. The van der Waals surface area contributed by atoms with Gasteiger partial charge in [-0.1, -0.05) is 5.16 Å². The highest BCUT2D eigenvalue weighted by molar-refractivity contribution is 7.92. The number of amides is 1. The van der Waals surface area contributed by atoms with E-state index in [1.807, 2.05) is 0 Å². The lowest BCUT2D eigenvalue weighted by Crippen LogP contribution is -2.35. The van der Waals surface area contributed by atoms with Gasteiger partial charge in [0, 0.05) is 13.1 Å². The molecule has 0 bridgehead atoms. The van der Waals surface area contributed by atoms with Crippen molar-refractivity contribution in [2.24, 2.45) is 0 Å². The SMILES string of the molecule is Cc1cc(NS(=O)(=O)c2ccc3c(c2)N(C)C(=O)CO3)no1. The maximum absolute atomic E-state index is 12.3. The number of nitrogens with zero attached hydrogens (tertiary/aromatic N) is 2. The Balaban J connectivity index is 1.96. The number of likely N-dealkylation sites (N-methyl/N-ethyl adjacent to an activating group) is 1. The monoisotopic (exact) mass is 323 g/mol. The van der Waals surface area contributed by atoms with Gasteiger partial charge in [0.2, 0.25) is 0 Å². The number of aromatic nitrogens is 1. The molecule has 3 rings (SSSR count). The van der Waals surface area contributed by atoms with Crippen molar-refractivity contribution in [3.8, 4) is 5.75 Å². The summed E-state index contributed by atoms with van der Waals surface area (Å²) >= 11 is 0. The van der Waals surface area contributed by atoms with E-state index in [2.05, 4.69) is 9.88 Å². The molecule has 0 fully saturated rings. The van der Waals surface area contributed by atoms with Crippen LogP contribution in [-0.4, -0.2) is 33.1 Å². The average molecular weight is 323 g/mol. The molecule has 116 valence electrons. The van der Waals surface area contributed by atoms with Crippen LogP contribution < -0.4 is 14.4 Å². The smallest absolute Gasteiger partial charge is 0.264 e. The van der Waals surface area contributed by atoms with E-state index in [9.17, 15) is 13.2 Å². The largest absolute Gasteiger partial charge is 0.482 e. The molecule has 1 aromatic carbocycles. The van der Waals surface area contributed by atoms with E-state index in [-0.39, 0.29) is 23.2 Å². The number of rotatable bonds is 3. The van der Waals surface area contributed by atoms with Gasteiger partial charge in [0.1, 0.15) is 11.5 Å². The first-order chi connectivity index (χ1) is 10.4. The summed E-state index contributed by atoms with van der Waals surface area (Å²) in [7, 11) is -2.28. The number of hydrogen-bond donors (Lipinski definition) is 1. The summed E-state index contributed by atoms with van der Waals surface area (Å²) in [5, 5.41) is 3.59. The van der Waals surface area contributed by atoms with Crippen LogP contribution in [0.4, 0.5) is 11.5 Å². The third-order valence-corrected chi connectivity index (χ3v) is 4.55. The van der Waals surface area contributed by atoms with Crippen LogP contribution in [-0.2, 0) is 14.8 Å². The van der Waals surface area contributed by atoms with E-state index < -0.39 is 10.0 Å². The minimum Gasteiger partial charge on any atom is -0.482 e. The van der Waals surface area contributed by atoms with Crippen LogP contribution in [0.1, 0.15) is 5.76 Å². The number of carbonyl (C=O) groups is 1. The summed E-state index contributed by atoms with van der Waals surface area (Å²) in [6, 6.07) is 5.76. The molecule has 1 aliphatic rings. The van der Waals surface area contributed by atoms with Crippen molar-refractivity contribution < 1.29 is 22.5 Å². The quantitative estimate of drug-likeness (QED) is 0.909. The van der Waals surface area contributed by atoms with E-state index in [4.69, 9.17) is 9.26 Å². The predicted molar refractivity (Wildman–Crippen MR) is 77.4 cm³/mol. The highest BCUT2D eigenvalue weighted by atomic mass is 32.2. The number of anilines is 2. The second-order valence-electron chi connectivity index (χ2n) is 4.80. The molecule has 0 unspecified atom stereocenters. The zero-order chi connectivity index (χ0) is 15.9. The Morgan fingerprint density at radius 3 is 2.77 bits per heavy atom. The lowest BCUT2D eigenvalue weighted by molar-refractivity contribution is -0.120. The Morgan fingerprint density at radius 1 is 1.32 bits per heavy atom. The number of sulfonamides is 1. The van der Waals surface area contributed by atoms with Crippen LogP contribution >= 0.6 is 0 Å². The van der Waals surface area contributed by atoms with Crippen LogP contribution in [0.3, 0.4) is 0 Å². The summed E-state index contributed by atoms with van der Waals surface area (Å²) in [6.07, 6.45) is 0. The van der Waals surface area contributed by atoms with Crippen molar-refractivity contribution in [1.82, 2.24) is 5.16 Å². The predicted octanol–water partition coefficient (Wildman–Crippen LogP) is 1.14. The molecule has 1 amide bonds. The van der Waals surface area contributed by atoms with Crippen molar-refractivity contribution in [1.29, 1.82) is 0 Å². The topological polar surface area (TPSA) is 102 Å². The van der Waals surface area contributed by atoms with Gasteiger partial charge in [0.05, 0.1) is 10.6 Å². The number of nitrogens with one attached hydrogen (secondary N) is 1. The van der Waals surface area contributed by atoms with Gasteiger partial charge in [-0.2, -0.15) is 0 Å². The van der Waals surface area contributed by atoms with E-state index in [1.165, 1.54) is 29.2 Å². The van der Waals surface area contributed by atoms with Crippen LogP contribution in [0, 0.1) is 6.92 Å². The summed E-state index contributed by atoms with van der Waals surface area (Å²) < 4.78 is 37.1. The van der Waals surface area contributed by atoms with Gasteiger partial charge >= 0.3 is 0 Å². The minimum atomic E-state index is -3.84. The lowest BCUT2D eigenvalue weighted by Gasteiger charge is -2.26. The molecular formula is C13H13N3O5S. The number of fused-ring (bicyclic) bond motifs is 1. The molecule has 0 atom stereocenters. The number of ether oxygens (including phenoxy) is 1. The Hall–Kier alpha value is -2.55. The van der Waals surface area contributed by atoms with Gasteiger partial charge in [0.25, 0.3) is 15.9 Å². The van der Waals surface area contributed by atoms with E-state index >= 15 is 0 Å². The third kappa shape index (κ3) is 2.50. The summed E-state index contributed by atoms with van der Waals surface area (Å²) in [6.45, 7) is 1.59. The van der Waals surface area contributed by atoms with Gasteiger partial charge in [-0.3, -0.25) is 9.52 Å². The zero-order valence-corrected chi connectivity index (χ0v) is 12.7. The van der Waals surface area contributed by atoms with Gasteiger partial charge < -0.3 is 14.2 Å². The molecule has 0 radical (unpaired) electrons. The molecule has 0 spiro atoms. The summed E-state index contributed by atoms with van der Waals surface area (Å²) in [5.74, 6) is 0.790. The first-order valence-electron chi connectivity index (χ1n) is 6.36. The van der Waals surface area contributed by atoms with Crippen molar-refractivity contribution in [2.75, 3.05) is 23.3 Å². The molecule has 0 aliphatic carbocycles. The van der Waals surface area contributed by atoms with Crippen LogP contribution in [0.5, 0.6) is 5.75 Å². The number of benzene rings is 1. The molecule has 2 heterocycles. The van der Waals surface area contributed by atoms with Gasteiger partial charge in [-0.05, 0) is 25.1 Å². The van der Waals surface area contributed by atoms with Gasteiger partial charge in [0.15, 0.2) is 12.4 Å². The molecular weight excluding hydrogens is 310 g/mol. The van der Waals surface area contributed by atoms with Crippen LogP contribution in [0.25, 0.3) is 0 Å².